The molecular weight excluding hydrogens is 548 g/mol. The van der Waals surface area contributed by atoms with E-state index in [9.17, 15) is 9.59 Å². The van der Waals surface area contributed by atoms with Gasteiger partial charge in [0.05, 0.1) is 17.9 Å². The van der Waals surface area contributed by atoms with Crippen molar-refractivity contribution in [2.24, 2.45) is 0 Å². The second-order valence-corrected chi connectivity index (χ2v) is 12.5. The van der Waals surface area contributed by atoms with Gasteiger partial charge in [0.15, 0.2) is 0 Å². The average molecular weight is 595 g/mol. The van der Waals surface area contributed by atoms with E-state index in [2.05, 4.69) is 88.0 Å². The zero-order chi connectivity index (χ0) is 31.9. The molecule has 0 saturated carbocycles. The Morgan fingerprint density at radius 2 is 1.55 bits per heavy atom. The number of aromatic nitrogens is 4. The first kappa shape index (κ1) is 31.2. The second kappa shape index (κ2) is 12.4. The smallest absolute Gasteiger partial charge is 0.241 e. The molecule has 0 aliphatic carbocycles. The molecule has 44 heavy (non-hydrogen) atoms. The lowest BCUT2D eigenvalue weighted by atomic mass is 9.86. The van der Waals surface area contributed by atoms with E-state index in [0.717, 1.165) is 68.8 Å². The van der Waals surface area contributed by atoms with Crippen molar-refractivity contribution < 1.29 is 9.59 Å². The molecule has 8 bridgehead atoms. The molecule has 0 fully saturated rings. The van der Waals surface area contributed by atoms with Crippen LogP contribution in [-0.4, -0.2) is 57.3 Å². The Morgan fingerprint density at radius 1 is 0.864 bits per heavy atom. The van der Waals surface area contributed by atoms with Gasteiger partial charge in [-0.25, -0.2) is 4.98 Å². The number of amides is 2. The van der Waals surface area contributed by atoms with Crippen LogP contribution >= 0.6 is 0 Å². The highest BCUT2D eigenvalue weighted by Crippen LogP contribution is 2.42. The number of rotatable bonds is 7. The van der Waals surface area contributed by atoms with Gasteiger partial charge in [-0.15, -0.1) is 0 Å². The molecule has 8 nitrogen and oxygen atoms in total. The number of nitrogens with one attached hydrogen (secondary N) is 3. The number of aryl methyl sites for hydroxylation is 4. The predicted octanol–water partition coefficient (Wildman–Crippen LogP) is 7.02. The summed E-state index contributed by atoms with van der Waals surface area (Å²) in [5, 5.41) is 2.79. The maximum Gasteiger partial charge on any atom is 0.241 e. The maximum absolute atomic E-state index is 12.8. The zero-order valence-electron chi connectivity index (χ0n) is 27.7. The number of hydrogen-bond donors (Lipinski definition) is 3. The molecule has 5 rings (SSSR count). The van der Waals surface area contributed by atoms with Crippen LogP contribution in [0.4, 0.5) is 0 Å². The molecule has 2 aliphatic heterocycles. The van der Waals surface area contributed by atoms with Crippen LogP contribution < -0.4 is 5.32 Å². The van der Waals surface area contributed by atoms with Crippen molar-refractivity contribution in [3.8, 4) is 0 Å². The quantitative estimate of drug-likeness (QED) is 0.273. The molecule has 3 N–H and O–H groups in total. The topological polar surface area (TPSA) is 107 Å². The molecule has 0 aromatic carbocycles. The number of carbonyl (C=O) groups is 2. The molecule has 8 heteroatoms. The molecule has 2 amide bonds. The minimum atomic E-state index is -0.124. The number of aromatic amines is 2. The van der Waals surface area contributed by atoms with Crippen LogP contribution in [0.25, 0.3) is 33.2 Å². The Morgan fingerprint density at radius 3 is 2.23 bits per heavy atom. The normalized spacial score (nSPS) is 16.4. The van der Waals surface area contributed by atoms with E-state index < -0.39 is 0 Å². The van der Waals surface area contributed by atoms with Crippen molar-refractivity contribution in [3.05, 3.63) is 69.3 Å². The SMILES string of the molecule is CCC1=C(C)c2cc3[nH]c(cc4nc(c(C)c5cc(C)c(cc1n2)[nH]5)[C@@H](CCC(=O)NCC(=O)N(C)C)C4C)c(C)c3CC. The van der Waals surface area contributed by atoms with Crippen molar-refractivity contribution in [1.29, 1.82) is 0 Å². The molecule has 3 aromatic heterocycles. The van der Waals surface area contributed by atoms with Gasteiger partial charge in [0.1, 0.15) is 0 Å². The van der Waals surface area contributed by atoms with E-state index >= 15 is 0 Å². The lowest BCUT2D eigenvalue weighted by Crippen LogP contribution is -2.36. The standard InChI is InChI=1S/C36H46N6O2/c1-10-24-21(5)30-17-33-25(11-2)20(4)29(39-33)16-31-22(6)26(12-13-34(43)37-18-35(44)42(8)9)36(41-31)23(7)28-14-19(3)27(38-28)15-32(24)40-30/h14-17,22,26,38-39H,10-13,18H2,1-9H3,(H,37,43)/t22?,26-/m0/s1. The summed E-state index contributed by atoms with van der Waals surface area (Å²) in [7, 11) is 3.38. The van der Waals surface area contributed by atoms with E-state index in [-0.39, 0.29) is 30.2 Å². The van der Waals surface area contributed by atoms with Crippen LogP contribution in [0, 0.1) is 20.8 Å². The van der Waals surface area contributed by atoms with Gasteiger partial charge in [-0.1, -0.05) is 20.8 Å². The third-order valence-electron chi connectivity index (χ3n) is 9.53. The van der Waals surface area contributed by atoms with Crippen LogP contribution in [0.1, 0.15) is 104 Å². The van der Waals surface area contributed by atoms with Crippen LogP contribution in [-0.2, 0) is 16.0 Å². The molecule has 2 atom stereocenters. The largest absolute Gasteiger partial charge is 0.355 e. The number of nitrogens with zero attached hydrogens (tertiary/aromatic N) is 3. The first-order chi connectivity index (χ1) is 20.9. The Balaban J connectivity index is 1.70. The summed E-state index contributed by atoms with van der Waals surface area (Å²) in [5.74, 6) is -0.0726. The fraction of sp³-hybridized carbons (Fsp3) is 0.444. The lowest BCUT2D eigenvalue weighted by Gasteiger charge is -2.17. The maximum atomic E-state index is 12.8. The summed E-state index contributed by atoms with van der Waals surface area (Å²) in [6.07, 6.45) is 2.77. The molecule has 0 saturated heterocycles. The fourth-order valence-electron chi connectivity index (χ4n) is 6.61. The highest BCUT2D eigenvalue weighted by molar-refractivity contribution is 5.93. The van der Waals surface area contributed by atoms with Gasteiger partial charge >= 0.3 is 0 Å². The van der Waals surface area contributed by atoms with Crippen LogP contribution in [0.5, 0.6) is 0 Å². The molecule has 0 spiro atoms. The summed E-state index contributed by atoms with van der Waals surface area (Å²) in [6, 6.07) is 8.76. The van der Waals surface area contributed by atoms with Crippen LogP contribution in [0.2, 0.25) is 0 Å². The highest BCUT2D eigenvalue weighted by atomic mass is 16.2. The van der Waals surface area contributed by atoms with Gasteiger partial charge in [-0.05, 0) is 105 Å². The van der Waals surface area contributed by atoms with E-state index in [1.807, 2.05) is 0 Å². The minimum Gasteiger partial charge on any atom is -0.355 e. The average Bonchev–Trinajstić information content (AvgIpc) is 3.69. The Bertz CT molecular complexity index is 1820. The van der Waals surface area contributed by atoms with Gasteiger partial charge in [0.2, 0.25) is 11.8 Å². The summed E-state index contributed by atoms with van der Waals surface area (Å²) < 4.78 is 0. The fourth-order valence-corrected chi connectivity index (χ4v) is 6.61. The third kappa shape index (κ3) is 5.82. The van der Waals surface area contributed by atoms with Crippen molar-refractivity contribution in [2.45, 2.75) is 86.0 Å². The Hall–Kier alpha value is -4.20. The number of allylic oxidation sites excluding steroid dienone is 2. The predicted molar refractivity (Wildman–Crippen MR) is 179 cm³/mol. The van der Waals surface area contributed by atoms with E-state index in [1.165, 1.54) is 27.2 Å². The Kier molecular flexibility index (Phi) is 8.82. The summed E-state index contributed by atoms with van der Waals surface area (Å²) >= 11 is 0. The first-order valence-corrected chi connectivity index (χ1v) is 15.8. The van der Waals surface area contributed by atoms with Crippen LogP contribution in [0.3, 0.4) is 0 Å². The first-order valence-electron chi connectivity index (χ1n) is 15.8. The lowest BCUT2D eigenvalue weighted by molar-refractivity contribution is -0.130. The van der Waals surface area contributed by atoms with E-state index in [0.29, 0.717) is 12.8 Å². The minimum absolute atomic E-state index is 0.00837. The van der Waals surface area contributed by atoms with Crippen LogP contribution in [0.15, 0.2) is 24.3 Å². The number of carbonyl (C=O) groups excluding carboxylic acids is 2. The van der Waals surface area contributed by atoms with Crippen molar-refractivity contribution in [3.63, 3.8) is 0 Å². The van der Waals surface area contributed by atoms with Gasteiger partial charge in [0, 0.05) is 65.8 Å². The van der Waals surface area contributed by atoms with Gasteiger partial charge in [-0.2, -0.15) is 0 Å². The summed E-state index contributed by atoms with van der Waals surface area (Å²) in [4.78, 5) is 44.0. The zero-order valence-corrected chi connectivity index (χ0v) is 27.7. The number of fused-ring (bicyclic) bond motifs is 8. The van der Waals surface area contributed by atoms with Crippen molar-refractivity contribution >= 4 is 45.0 Å². The van der Waals surface area contributed by atoms with Crippen molar-refractivity contribution in [2.75, 3.05) is 20.6 Å². The highest BCUT2D eigenvalue weighted by Gasteiger charge is 2.31. The molecule has 232 valence electrons. The van der Waals surface area contributed by atoms with Crippen molar-refractivity contribution in [1.82, 2.24) is 30.2 Å². The number of likely N-dealkylation sites (N-methyl/N-ethyl adjacent to an activating group) is 1. The molecule has 2 aliphatic rings. The molecule has 5 heterocycles. The van der Waals surface area contributed by atoms with Gasteiger partial charge in [0.25, 0.3) is 0 Å². The summed E-state index contributed by atoms with van der Waals surface area (Å²) in [5.41, 5.74) is 15.5. The third-order valence-corrected chi connectivity index (χ3v) is 9.53. The second-order valence-electron chi connectivity index (χ2n) is 12.5. The molecular formula is C36H46N6O2. The molecule has 0 radical (unpaired) electrons. The van der Waals surface area contributed by atoms with E-state index in [4.69, 9.17) is 9.97 Å². The van der Waals surface area contributed by atoms with Gasteiger partial charge in [-0.3, -0.25) is 14.6 Å². The molecule has 1 unspecified atom stereocenters. The summed E-state index contributed by atoms with van der Waals surface area (Å²) in [6.45, 7) is 15.2. The Labute approximate surface area is 260 Å². The van der Waals surface area contributed by atoms with E-state index in [1.54, 1.807) is 14.1 Å². The number of H-pyrrole nitrogens is 2. The monoisotopic (exact) mass is 594 g/mol. The molecule has 3 aromatic rings. The van der Waals surface area contributed by atoms with Gasteiger partial charge < -0.3 is 20.2 Å². The number of hydrogen-bond acceptors (Lipinski definition) is 4.